The molecule has 0 aromatic heterocycles. The summed E-state index contributed by atoms with van der Waals surface area (Å²) in [6.45, 7) is 1.80. The van der Waals surface area contributed by atoms with Gasteiger partial charge in [0.2, 0.25) is 0 Å². The molecule has 0 bridgehead atoms. The van der Waals surface area contributed by atoms with Crippen LogP contribution in [0.3, 0.4) is 0 Å². The number of rotatable bonds is 6. The van der Waals surface area contributed by atoms with Gasteiger partial charge in [-0.15, -0.1) is 0 Å². The highest BCUT2D eigenvalue weighted by atomic mass is 35.5. The molecule has 6 heteroatoms. The summed E-state index contributed by atoms with van der Waals surface area (Å²) >= 11 is 5.86. The molecule has 0 radical (unpaired) electrons. The number of esters is 1. The summed E-state index contributed by atoms with van der Waals surface area (Å²) in [7, 11) is 0. The molecule has 2 aromatic rings. The Hall–Kier alpha value is -2.66. The van der Waals surface area contributed by atoms with Gasteiger partial charge in [0.25, 0.3) is 5.91 Å². The Labute approximate surface area is 150 Å². The Morgan fingerprint density at radius 3 is 2.60 bits per heavy atom. The summed E-state index contributed by atoms with van der Waals surface area (Å²) in [6.07, 6.45) is 1.27. The van der Waals surface area contributed by atoms with Crippen LogP contribution in [0.2, 0.25) is 5.02 Å². The van der Waals surface area contributed by atoms with Crippen LogP contribution < -0.4 is 5.32 Å². The number of nitrogens with one attached hydrogen (secondary N) is 1. The number of ether oxygens (including phenoxy) is 1. The van der Waals surface area contributed by atoms with Crippen molar-refractivity contribution in [1.29, 1.82) is 0 Å². The van der Waals surface area contributed by atoms with Gasteiger partial charge < -0.3 is 10.1 Å². The minimum Gasteiger partial charge on any atom is -0.449 e. The minimum atomic E-state index is -0.975. The average Bonchev–Trinajstić information content (AvgIpc) is 2.60. The van der Waals surface area contributed by atoms with Crippen molar-refractivity contribution >= 4 is 29.6 Å². The van der Waals surface area contributed by atoms with Gasteiger partial charge in [0, 0.05) is 18.2 Å². The van der Waals surface area contributed by atoms with Crippen molar-refractivity contribution in [3.05, 3.63) is 76.6 Å². The van der Waals surface area contributed by atoms with Crippen molar-refractivity contribution in [3.63, 3.8) is 0 Å². The number of carbonyl (C=O) groups is 2. The molecule has 130 valence electrons. The molecular weight excluding hydrogens is 345 g/mol. The zero-order valence-electron chi connectivity index (χ0n) is 13.5. The van der Waals surface area contributed by atoms with Crippen molar-refractivity contribution in [2.75, 3.05) is 0 Å². The maximum atomic E-state index is 13.6. The van der Waals surface area contributed by atoms with E-state index in [4.69, 9.17) is 16.3 Å². The Morgan fingerprint density at radius 1 is 1.20 bits per heavy atom. The first-order valence-electron chi connectivity index (χ1n) is 7.61. The number of hydrogen-bond acceptors (Lipinski definition) is 3. The second kappa shape index (κ2) is 8.99. The Bertz CT molecular complexity index is 757. The average molecular weight is 362 g/mol. The van der Waals surface area contributed by atoms with Crippen LogP contribution in [0, 0.1) is 5.82 Å². The Kier molecular flexibility index (Phi) is 6.71. The second-order valence-corrected chi connectivity index (χ2v) is 5.66. The molecule has 0 heterocycles. The van der Waals surface area contributed by atoms with E-state index in [1.807, 2.05) is 30.3 Å². The number of amides is 1. The topological polar surface area (TPSA) is 55.4 Å². The molecule has 4 nitrogen and oxygen atoms in total. The molecule has 25 heavy (non-hydrogen) atoms. The summed E-state index contributed by atoms with van der Waals surface area (Å²) in [6, 6.07) is 13.6. The maximum absolute atomic E-state index is 13.6. The van der Waals surface area contributed by atoms with Crippen LogP contribution >= 0.6 is 11.6 Å². The lowest BCUT2D eigenvalue weighted by atomic mass is 10.2. The summed E-state index contributed by atoms with van der Waals surface area (Å²) in [5.41, 5.74) is 1.02. The third-order valence-corrected chi connectivity index (χ3v) is 3.69. The molecule has 1 amide bonds. The fraction of sp³-hybridized carbons (Fsp3) is 0.158. The lowest BCUT2D eigenvalue weighted by molar-refractivity contribution is -0.150. The van der Waals surface area contributed by atoms with Crippen LogP contribution in [-0.2, 0) is 20.9 Å². The largest absolute Gasteiger partial charge is 0.449 e. The van der Waals surface area contributed by atoms with Crippen molar-refractivity contribution < 1.29 is 18.7 Å². The van der Waals surface area contributed by atoms with Crippen LogP contribution in [0.4, 0.5) is 4.39 Å². The molecule has 0 spiro atoms. The number of benzene rings is 2. The fourth-order valence-corrected chi connectivity index (χ4v) is 2.24. The van der Waals surface area contributed by atoms with Gasteiger partial charge in [-0.25, -0.2) is 9.18 Å². The van der Waals surface area contributed by atoms with Gasteiger partial charge in [0.1, 0.15) is 5.82 Å². The van der Waals surface area contributed by atoms with Crippen LogP contribution in [0.25, 0.3) is 6.08 Å². The van der Waals surface area contributed by atoms with Crippen LogP contribution in [0.5, 0.6) is 0 Å². The lowest BCUT2D eigenvalue weighted by Crippen LogP contribution is -2.35. The monoisotopic (exact) mass is 361 g/mol. The molecule has 0 saturated carbocycles. The maximum Gasteiger partial charge on any atom is 0.331 e. The summed E-state index contributed by atoms with van der Waals surface area (Å²) in [5.74, 6) is -1.73. The molecule has 2 rings (SSSR count). The van der Waals surface area contributed by atoms with E-state index in [1.54, 1.807) is 0 Å². The first kappa shape index (κ1) is 18.7. The van der Waals surface area contributed by atoms with Crippen LogP contribution in [0.1, 0.15) is 18.1 Å². The molecule has 0 saturated heterocycles. The van der Waals surface area contributed by atoms with E-state index in [-0.39, 0.29) is 10.6 Å². The van der Waals surface area contributed by atoms with Crippen molar-refractivity contribution in [2.45, 2.75) is 19.6 Å². The quantitative estimate of drug-likeness (QED) is 0.630. The van der Waals surface area contributed by atoms with E-state index < -0.39 is 23.8 Å². The highest BCUT2D eigenvalue weighted by molar-refractivity contribution is 6.32. The van der Waals surface area contributed by atoms with Crippen LogP contribution in [-0.4, -0.2) is 18.0 Å². The molecule has 0 fully saturated rings. The lowest BCUT2D eigenvalue weighted by Gasteiger charge is -2.12. The van der Waals surface area contributed by atoms with Crippen molar-refractivity contribution in [3.8, 4) is 0 Å². The van der Waals surface area contributed by atoms with E-state index in [0.717, 1.165) is 11.6 Å². The molecule has 0 unspecified atom stereocenters. The molecule has 0 aliphatic heterocycles. The number of halogens is 2. The zero-order chi connectivity index (χ0) is 18.2. The van der Waals surface area contributed by atoms with Crippen molar-refractivity contribution in [1.82, 2.24) is 5.32 Å². The van der Waals surface area contributed by atoms with Gasteiger partial charge in [-0.2, -0.15) is 0 Å². The van der Waals surface area contributed by atoms with E-state index >= 15 is 0 Å². The van der Waals surface area contributed by atoms with Crippen molar-refractivity contribution in [2.24, 2.45) is 0 Å². The first-order valence-corrected chi connectivity index (χ1v) is 7.99. The first-order chi connectivity index (χ1) is 12.0. The summed E-state index contributed by atoms with van der Waals surface area (Å²) < 4.78 is 18.6. The van der Waals surface area contributed by atoms with E-state index in [2.05, 4.69) is 5.32 Å². The van der Waals surface area contributed by atoms with E-state index in [1.165, 1.54) is 31.2 Å². The zero-order valence-corrected chi connectivity index (χ0v) is 14.3. The summed E-state index contributed by atoms with van der Waals surface area (Å²) in [4.78, 5) is 23.7. The Morgan fingerprint density at radius 2 is 1.92 bits per heavy atom. The predicted octanol–water partition coefficient (Wildman–Crippen LogP) is 3.74. The second-order valence-electron chi connectivity index (χ2n) is 5.25. The molecule has 2 aromatic carbocycles. The SMILES string of the molecule is C[C@@H](OC(=O)/C=C/c1c(F)cccc1Cl)C(=O)NCc1ccccc1. The van der Waals surface area contributed by atoms with Gasteiger partial charge in [0.15, 0.2) is 6.10 Å². The van der Waals surface area contributed by atoms with Gasteiger partial charge >= 0.3 is 5.97 Å². The third kappa shape index (κ3) is 5.72. The minimum absolute atomic E-state index is 0.0855. The molecular formula is C19H17ClFNO3. The smallest absolute Gasteiger partial charge is 0.331 e. The van der Waals surface area contributed by atoms with Gasteiger partial charge in [0.05, 0.1) is 5.02 Å². The van der Waals surface area contributed by atoms with E-state index in [9.17, 15) is 14.0 Å². The van der Waals surface area contributed by atoms with Crippen LogP contribution in [0.15, 0.2) is 54.6 Å². The van der Waals surface area contributed by atoms with E-state index in [0.29, 0.717) is 6.54 Å². The molecule has 1 atom stereocenters. The predicted molar refractivity (Wildman–Crippen MR) is 94.3 cm³/mol. The molecule has 0 aliphatic carbocycles. The summed E-state index contributed by atoms with van der Waals surface area (Å²) in [5, 5.41) is 2.85. The normalized spacial score (nSPS) is 12.0. The molecule has 0 aliphatic rings. The van der Waals surface area contributed by atoms with Gasteiger partial charge in [-0.3, -0.25) is 4.79 Å². The standard InChI is InChI=1S/C19H17ClFNO3/c1-13(19(24)22-12-14-6-3-2-4-7-14)25-18(23)11-10-15-16(20)8-5-9-17(15)21/h2-11,13H,12H2,1H3,(H,22,24)/b11-10+/t13-/m1/s1. The highest BCUT2D eigenvalue weighted by Gasteiger charge is 2.16. The van der Waals surface area contributed by atoms with Gasteiger partial charge in [-0.1, -0.05) is 48.0 Å². The van der Waals surface area contributed by atoms with Gasteiger partial charge in [-0.05, 0) is 30.7 Å². The fourth-order valence-electron chi connectivity index (χ4n) is 2.02. The number of hydrogen-bond donors (Lipinski definition) is 1. The highest BCUT2D eigenvalue weighted by Crippen LogP contribution is 2.20. The third-order valence-electron chi connectivity index (χ3n) is 3.36. The number of carbonyl (C=O) groups excluding carboxylic acids is 2. The Balaban J connectivity index is 1.87. The molecule has 1 N–H and O–H groups in total.